The van der Waals surface area contributed by atoms with Crippen molar-refractivity contribution in [2.75, 3.05) is 14.1 Å². The molecule has 0 spiro atoms. The van der Waals surface area contributed by atoms with E-state index in [9.17, 15) is 31.1 Å². The highest BCUT2D eigenvalue weighted by Gasteiger charge is 2.57. The first-order chi connectivity index (χ1) is 12.4. The summed E-state index contributed by atoms with van der Waals surface area (Å²) in [5, 5.41) is 0. The van der Waals surface area contributed by atoms with E-state index in [2.05, 4.69) is 4.98 Å². The van der Waals surface area contributed by atoms with Crippen molar-refractivity contribution in [3.8, 4) is 11.6 Å². The van der Waals surface area contributed by atoms with Crippen molar-refractivity contribution >= 4 is 5.91 Å². The van der Waals surface area contributed by atoms with Gasteiger partial charge in [0.25, 0.3) is 5.91 Å². The fraction of sp³-hybridized carbons (Fsp3) is 0.294. The number of carbonyl (C=O) groups is 1. The molecule has 0 fully saturated rings. The quantitative estimate of drug-likeness (QED) is 0.703. The number of hydrogen-bond donors (Lipinski definition) is 0. The van der Waals surface area contributed by atoms with Gasteiger partial charge in [0, 0.05) is 26.4 Å². The molecule has 0 saturated heterocycles. The van der Waals surface area contributed by atoms with Crippen LogP contribution in [0.4, 0.5) is 26.3 Å². The van der Waals surface area contributed by atoms with Gasteiger partial charge in [-0.15, -0.1) is 0 Å². The number of rotatable bonds is 4. The van der Waals surface area contributed by atoms with Gasteiger partial charge in [0.1, 0.15) is 5.75 Å². The SMILES string of the molecule is CN(C)C(=O)c1ccc(Oc2ccc(C(C(F)(F)F)C(F)(F)F)cc2)nc1. The van der Waals surface area contributed by atoms with Crippen molar-refractivity contribution in [1.82, 2.24) is 9.88 Å². The third-order valence-corrected chi connectivity index (χ3v) is 3.48. The minimum Gasteiger partial charge on any atom is -0.439 e. The van der Waals surface area contributed by atoms with Gasteiger partial charge in [-0.05, 0) is 23.8 Å². The van der Waals surface area contributed by atoms with Crippen LogP contribution in [0, 0.1) is 0 Å². The predicted octanol–water partition coefficient (Wildman–Crippen LogP) is 4.78. The van der Waals surface area contributed by atoms with Gasteiger partial charge in [0.05, 0.1) is 5.56 Å². The molecule has 0 aliphatic carbocycles. The molecule has 27 heavy (non-hydrogen) atoms. The maximum atomic E-state index is 12.7. The summed E-state index contributed by atoms with van der Waals surface area (Å²) in [5.41, 5.74) is -0.650. The molecule has 0 aliphatic heterocycles. The van der Waals surface area contributed by atoms with Gasteiger partial charge in [0.15, 0.2) is 5.92 Å². The van der Waals surface area contributed by atoms with Crippen molar-refractivity contribution in [2.24, 2.45) is 0 Å². The molecule has 0 unspecified atom stereocenters. The minimum absolute atomic E-state index is 0.000958. The van der Waals surface area contributed by atoms with Gasteiger partial charge in [0.2, 0.25) is 5.88 Å². The number of benzene rings is 1. The van der Waals surface area contributed by atoms with E-state index in [1.807, 2.05) is 0 Å². The van der Waals surface area contributed by atoms with Gasteiger partial charge in [-0.25, -0.2) is 4.98 Å². The molecule has 4 nitrogen and oxygen atoms in total. The highest BCUT2D eigenvalue weighted by atomic mass is 19.4. The zero-order chi connectivity index (χ0) is 20.4. The number of aromatic nitrogens is 1. The summed E-state index contributed by atoms with van der Waals surface area (Å²) in [6.07, 6.45) is -9.68. The number of amides is 1. The molecule has 0 atom stereocenters. The highest BCUT2D eigenvalue weighted by molar-refractivity contribution is 5.93. The Bertz CT molecular complexity index is 769. The van der Waals surface area contributed by atoms with E-state index in [1.165, 1.54) is 23.2 Å². The molecular weight excluding hydrogens is 378 g/mol. The Morgan fingerprint density at radius 2 is 1.52 bits per heavy atom. The Morgan fingerprint density at radius 3 is 1.93 bits per heavy atom. The van der Waals surface area contributed by atoms with Crippen LogP contribution in [0.25, 0.3) is 0 Å². The van der Waals surface area contributed by atoms with Crippen LogP contribution in [0.15, 0.2) is 42.6 Å². The molecule has 1 amide bonds. The number of pyridine rings is 1. The first-order valence-electron chi connectivity index (χ1n) is 7.48. The number of hydrogen-bond acceptors (Lipinski definition) is 3. The van der Waals surface area contributed by atoms with E-state index in [0.29, 0.717) is 17.7 Å². The third kappa shape index (κ3) is 5.11. The molecule has 0 aliphatic rings. The Labute approximate surface area is 150 Å². The summed E-state index contributed by atoms with van der Waals surface area (Å²) >= 11 is 0. The third-order valence-electron chi connectivity index (χ3n) is 3.48. The van der Waals surface area contributed by atoms with Crippen LogP contribution in [0.3, 0.4) is 0 Å². The normalized spacial score (nSPS) is 12.2. The van der Waals surface area contributed by atoms with Crippen molar-refractivity contribution in [1.29, 1.82) is 0 Å². The molecule has 0 radical (unpaired) electrons. The zero-order valence-corrected chi connectivity index (χ0v) is 14.1. The minimum atomic E-state index is -5.46. The Kier molecular flexibility index (Phi) is 5.67. The summed E-state index contributed by atoms with van der Waals surface area (Å²) in [6.45, 7) is 0. The fourth-order valence-electron chi connectivity index (χ4n) is 2.24. The second-order valence-electron chi connectivity index (χ2n) is 5.77. The van der Waals surface area contributed by atoms with Crippen LogP contribution in [0.5, 0.6) is 11.6 Å². The molecule has 0 N–H and O–H groups in total. The van der Waals surface area contributed by atoms with Crippen molar-refractivity contribution < 1.29 is 35.9 Å². The van der Waals surface area contributed by atoms with Crippen molar-refractivity contribution in [3.05, 3.63) is 53.7 Å². The number of nitrogens with zero attached hydrogens (tertiary/aromatic N) is 2. The maximum Gasteiger partial charge on any atom is 0.404 e. The standard InChI is InChI=1S/C17H14F6N2O2/c1-25(2)15(26)11-5-8-13(24-9-11)27-12-6-3-10(4-7-12)14(16(18,19)20)17(21,22)23/h3-9,14H,1-2H3. The lowest BCUT2D eigenvalue weighted by atomic mass is 9.98. The molecule has 2 aromatic rings. The summed E-state index contributed by atoms with van der Waals surface area (Å²) in [4.78, 5) is 17.0. The average Bonchev–Trinajstić information content (AvgIpc) is 2.54. The fourth-order valence-corrected chi connectivity index (χ4v) is 2.24. The largest absolute Gasteiger partial charge is 0.439 e. The number of ether oxygens (including phenoxy) is 1. The summed E-state index contributed by atoms with van der Waals surface area (Å²) in [6, 6.07) is 6.16. The van der Waals surface area contributed by atoms with E-state index in [0.717, 1.165) is 12.1 Å². The first-order valence-corrected chi connectivity index (χ1v) is 7.48. The van der Waals surface area contributed by atoms with Crippen molar-refractivity contribution in [3.63, 3.8) is 0 Å². The smallest absolute Gasteiger partial charge is 0.404 e. The molecule has 2 rings (SSSR count). The lowest BCUT2D eigenvalue weighted by Crippen LogP contribution is -2.34. The molecule has 1 aromatic carbocycles. The van der Waals surface area contributed by atoms with Crippen LogP contribution in [0.1, 0.15) is 21.8 Å². The second kappa shape index (κ2) is 7.45. The number of alkyl halides is 6. The summed E-state index contributed by atoms with van der Waals surface area (Å²) in [7, 11) is 3.12. The molecule has 1 aromatic heterocycles. The van der Waals surface area contributed by atoms with Crippen LogP contribution < -0.4 is 4.74 Å². The zero-order valence-electron chi connectivity index (χ0n) is 14.1. The Balaban J connectivity index is 2.17. The van der Waals surface area contributed by atoms with Crippen molar-refractivity contribution in [2.45, 2.75) is 18.3 Å². The topological polar surface area (TPSA) is 42.4 Å². The van der Waals surface area contributed by atoms with Crippen LogP contribution in [0.2, 0.25) is 0 Å². The van der Waals surface area contributed by atoms with Gasteiger partial charge in [-0.2, -0.15) is 26.3 Å². The molecule has 0 bridgehead atoms. The van der Waals surface area contributed by atoms with Crippen LogP contribution in [-0.4, -0.2) is 42.2 Å². The Hall–Kier alpha value is -2.78. The highest BCUT2D eigenvalue weighted by Crippen LogP contribution is 2.46. The van der Waals surface area contributed by atoms with E-state index in [-0.39, 0.29) is 17.5 Å². The van der Waals surface area contributed by atoms with E-state index in [4.69, 9.17) is 4.74 Å². The van der Waals surface area contributed by atoms with Gasteiger partial charge in [-0.3, -0.25) is 4.79 Å². The monoisotopic (exact) mass is 392 g/mol. The summed E-state index contributed by atoms with van der Waals surface area (Å²) < 4.78 is 81.6. The number of carbonyl (C=O) groups excluding carboxylic acids is 1. The lowest BCUT2D eigenvalue weighted by Gasteiger charge is -2.23. The maximum absolute atomic E-state index is 12.7. The average molecular weight is 392 g/mol. The van der Waals surface area contributed by atoms with E-state index < -0.39 is 23.8 Å². The van der Waals surface area contributed by atoms with E-state index >= 15 is 0 Å². The van der Waals surface area contributed by atoms with Crippen LogP contribution in [-0.2, 0) is 0 Å². The Morgan fingerprint density at radius 1 is 0.963 bits per heavy atom. The number of halogens is 6. The van der Waals surface area contributed by atoms with Gasteiger partial charge >= 0.3 is 12.4 Å². The predicted molar refractivity (Wildman–Crippen MR) is 83.6 cm³/mol. The summed E-state index contributed by atoms with van der Waals surface area (Å²) in [5.74, 6) is -3.83. The van der Waals surface area contributed by atoms with Gasteiger partial charge < -0.3 is 9.64 Å². The molecule has 1 heterocycles. The second-order valence-corrected chi connectivity index (χ2v) is 5.77. The first kappa shape index (κ1) is 20.5. The molecule has 0 saturated carbocycles. The van der Waals surface area contributed by atoms with E-state index in [1.54, 1.807) is 14.1 Å². The molecular formula is C17H14F6N2O2. The molecule has 146 valence electrons. The molecule has 10 heteroatoms. The van der Waals surface area contributed by atoms with Gasteiger partial charge in [-0.1, -0.05) is 12.1 Å². The van der Waals surface area contributed by atoms with Crippen LogP contribution >= 0.6 is 0 Å². The lowest BCUT2D eigenvalue weighted by molar-refractivity contribution is -0.253.